The molecule has 0 bridgehead atoms. The molecule has 0 aliphatic carbocycles. The van der Waals surface area contributed by atoms with Crippen LogP contribution in [0.25, 0.3) is 0 Å². The molecule has 0 saturated carbocycles. The average molecular weight is 218 g/mol. The van der Waals surface area contributed by atoms with Crippen LogP contribution in [0.4, 0.5) is 0 Å². The molecule has 0 aliphatic rings. The van der Waals surface area contributed by atoms with Crippen molar-refractivity contribution >= 4 is 12.3 Å². The van der Waals surface area contributed by atoms with Gasteiger partial charge in [0.15, 0.2) is 0 Å². The van der Waals surface area contributed by atoms with Crippen LogP contribution in [-0.2, 0) is 42.3 Å². The van der Waals surface area contributed by atoms with Crippen molar-refractivity contribution in [3.63, 3.8) is 0 Å². The van der Waals surface area contributed by atoms with Gasteiger partial charge < -0.3 is 10.2 Å². The number of carbonyl (C=O) groups excluding carboxylic acids is 2. The van der Waals surface area contributed by atoms with Crippen LogP contribution in [0.15, 0.2) is 0 Å². The van der Waals surface area contributed by atoms with Gasteiger partial charge in [0, 0.05) is 39.1 Å². The molecule has 0 aromatic heterocycles. The van der Waals surface area contributed by atoms with E-state index in [9.17, 15) is 9.59 Å². The van der Waals surface area contributed by atoms with Crippen LogP contribution >= 0.6 is 0 Å². The third-order valence-electron chi connectivity index (χ3n) is 0.730. The molecule has 0 saturated heterocycles. The summed E-state index contributed by atoms with van der Waals surface area (Å²) >= 11 is 0. The molecule has 2 amide bonds. The molecule has 4 nitrogen and oxygen atoms in total. The Bertz CT molecular complexity index is 108. The number of hydrogen-bond donors (Lipinski definition) is 2. The van der Waals surface area contributed by atoms with Crippen molar-refractivity contribution in [1.29, 1.82) is 0 Å². The minimum absolute atomic E-state index is 0. The van der Waals surface area contributed by atoms with E-state index in [4.69, 9.17) is 0 Å². The van der Waals surface area contributed by atoms with Crippen molar-refractivity contribution < 1.29 is 42.3 Å². The molecular formula is C5H9N2O2Y-. The largest absolute Gasteiger partial charge is 0.518 e. The van der Waals surface area contributed by atoms with Crippen LogP contribution < -0.4 is 10.9 Å². The molecule has 0 fully saturated rings. The predicted octanol–water partition coefficient (Wildman–Crippen LogP) is -0.528. The second-order valence-corrected chi connectivity index (χ2v) is 1.53. The molecule has 0 atom stereocenters. The summed E-state index contributed by atoms with van der Waals surface area (Å²) < 4.78 is 0. The Morgan fingerprint density at radius 2 is 2.20 bits per heavy atom. The molecule has 5 heteroatoms. The maximum atomic E-state index is 10.4. The zero-order valence-electron chi connectivity index (χ0n) is 5.81. The van der Waals surface area contributed by atoms with Crippen LogP contribution in [0, 0.1) is 0 Å². The van der Waals surface area contributed by atoms with Crippen LogP contribution in [-0.4, -0.2) is 12.3 Å². The molecule has 55 valence electrons. The van der Waals surface area contributed by atoms with Crippen molar-refractivity contribution in [1.82, 2.24) is 10.9 Å². The second-order valence-electron chi connectivity index (χ2n) is 1.53. The van der Waals surface area contributed by atoms with Gasteiger partial charge in [-0.3, -0.25) is 10.2 Å². The summed E-state index contributed by atoms with van der Waals surface area (Å²) in [5, 5.41) is 0. The van der Waals surface area contributed by atoms with E-state index in [1.165, 1.54) is 6.41 Å². The first-order valence-electron chi connectivity index (χ1n) is 2.72. The molecular weight excluding hydrogens is 209 g/mol. The van der Waals surface area contributed by atoms with Gasteiger partial charge in [0.1, 0.15) is 0 Å². The number of rotatable bonds is 4. The van der Waals surface area contributed by atoms with Gasteiger partial charge in [-0.2, -0.15) is 0 Å². The Morgan fingerprint density at radius 1 is 1.60 bits per heavy atom. The van der Waals surface area contributed by atoms with Crippen LogP contribution in [0.3, 0.4) is 0 Å². The molecule has 0 unspecified atom stereocenters. The molecule has 1 radical (unpaired) electrons. The van der Waals surface area contributed by atoms with Gasteiger partial charge in [0.2, 0.25) is 5.91 Å². The number of hydrazine groups is 1. The van der Waals surface area contributed by atoms with E-state index in [2.05, 4.69) is 5.43 Å². The third kappa shape index (κ3) is 8.04. The smallest absolute Gasteiger partial charge is 0.235 e. The van der Waals surface area contributed by atoms with E-state index in [1.54, 1.807) is 0 Å². The molecule has 0 spiro atoms. The fraction of sp³-hybridized carbons (Fsp3) is 0.600. The van der Waals surface area contributed by atoms with Crippen molar-refractivity contribution in [2.24, 2.45) is 0 Å². The zero-order valence-corrected chi connectivity index (χ0v) is 8.65. The monoisotopic (exact) mass is 218 g/mol. The minimum Gasteiger partial charge on any atom is -0.518 e. The number of amides is 2. The van der Waals surface area contributed by atoms with E-state index in [0.29, 0.717) is 6.42 Å². The predicted molar refractivity (Wildman–Crippen MR) is 31.9 cm³/mol. The summed E-state index contributed by atoms with van der Waals surface area (Å²) in [6.07, 6.45) is 2.52. The fourth-order valence-corrected chi connectivity index (χ4v) is 0.385. The Morgan fingerprint density at radius 3 is 2.60 bits per heavy atom. The Hall–Kier alpha value is 0.0439. The number of carbonyl (C=O) groups is 1. The van der Waals surface area contributed by atoms with Gasteiger partial charge in [-0.25, -0.2) is 0 Å². The second kappa shape index (κ2) is 9.04. The van der Waals surface area contributed by atoms with Crippen LogP contribution in [0.2, 0.25) is 0 Å². The quantitative estimate of drug-likeness (QED) is 0.378. The summed E-state index contributed by atoms with van der Waals surface area (Å²) in [5.41, 5.74) is 4.05. The zero-order chi connectivity index (χ0) is 7.11. The SMILES string of the molecule is CCCC(=O)NN[C-]=O.[Y]. The topological polar surface area (TPSA) is 58.2 Å². The summed E-state index contributed by atoms with van der Waals surface area (Å²) in [5.74, 6) is -0.194. The third-order valence-corrected chi connectivity index (χ3v) is 0.730. The first-order valence-corrected chi connectivity index (χ1v) is 2.72. The van der Waals surface area contributed by atoms with E-state index in [0.717, 1.165) is 6.42 Å². The summed E-state index contributed by atoms with van der Waals surface area (Å²) in [6, 6.07) is 0. The molecule has 0 aliphatic heterocycles. The van der Waals surface area contributed by atoms with Gasteiger partial charge in [-0.1, -0.05) is 6.92 Å². The van der Waals surface area contributed by atoms with Gasteiger partial charge in [0.05, 0.1) is 0 Å². The molecule has 0 heterocycles. The molecule has 2 N–H and O–H groups in total. The molecule has 0 aromatic rings. The van der Waals surface area contributed by atoms with Crippen molar-refractivity contribution in [3.8, 4) is 0 Å². The fourth-order valence-electron chi connectivity index (χ4n) is 0.385. The summed E-state index contributed by atoms with van der Waals surface area (Å²) in [7, 11) is 0. The van der Waals surface area contributed by atoms with Gasteiger partial charge >= 0.3 is 0 Å². The maximum Gasteiger partial charge on any atom is 0.235 e. The van der Waals surface area contributed by atoms with E-state index < -0.39 is 0 Å². The van der Waals surface area contributed by atoms with Gasteiger partial charge in [-0.05, 0) is 6.42 Å². The Labute approximate surface area is 85.0 Å². The minimum atomic E-state index is -0.194. The Balaban J connectivity index is 0. The van der Waals surface area contributed by atoms with Crippen molar-refractivity contribution in [2.75, 3.05) is 0 Å². The first-order chi connectivity index (χ1) is 4.31. The van der Waals surface area contributed by atoms with E-state index in [1.807, 2.05) is 12.3 Å². The van der Waals surface area contributed by atoms with Crippen LogP contribution in [0.1, 0.15) is 19.8 Å². The van der Waals surface area contributed by atoms with Gasteiger partial charge in [-0.15, -0.1) is 6.41 Å². The standard InChI is InChI=1S/C5H9N2O2.Y/c1-2-3-5(9)7-6-4-8;/h2-3H2,1H3,(H,6,8)(H,7,9);/q-1;. The van der Waals surface area contributed by atoms with Crippen molar-refractivity contribution in [2.45, 2.75) is 19.8 Å². The maximum absolute atomic E-state index is 10.4. The summed E-state index contributed by atoms with van der Waals surface area (Å²) in [4.78, 5) is 19.9. The average Bonchev–Trinajstić information content (AvgIpc) is 1.85. The van der Waals surface area contributed by atoms with Crippen molar-refractivity contribution in [3.05, 3.63) is 0 Å². The normalized spacial score (nSPS) is 7.30. The number of nitrogens with one attached hydrogen (secondary N) is 2. The molecule has 0 rings (SSSR count). The van der Waals surface area contributed by atoms with Crippen LogP contribution in [0.5, 0.6) is 0 Å². The summed E-state index contributed by atoms with van der Waals surface area (Å²) in [6.45, 7) is 1.88. The van der Waals surface area contributed by atoms with E-state index >= 15 is 0 Å². The molecule has 10 heavy (non-hydrogen) atoms. The number of hydrogen-bond acceptors (Lipinski definition) is 2. The van der Waals surface area contributed by atoms with Gasteiger partial charge in [0.25, 0.3) is 0 Å². The van der Waals surface area contributed by atoms with E-state index in [-0.39, 0.29) is 38.6 Å². The first kappa shape index (κ1) is 12.7. The Kier molecular flexibility index (Phi) is 11.5. The molecule has 0 aromatic carbocycles.